The smallest absolute Gasteiger partial charge is 0.119 e. The molecule has 0 amide bonds. The number of ether oxygens (including phenoxy) is 1. The van der Waals surface area contributed by atoms with E-state index >= 15 is 0 Å². The Labute approximate surface area is 134 Å². The van der Waals surface area contributed by atoms with Gasteiger partial charge in [-0.3, -0.25) is 15.8 Å². The van der Waals surface area contributed by atoms with Crippen molar-refractivity contribution in [2.45, 2.75) is 38.8 Å². The Kier molecular flexibility index (Phi) is 5.34. The maximum absolute atomic E-state index is 5.34. The predicted octanol–water partition coefficient (Wildman–Crippen LogP) is 2.41. The van der Waals surface area contributed by atoms with Crippen molar-refractivity contribution in [2.24, 2.45) is 11.8 Å². The fourth-order valence-electron chi connectivity index (χ4n) is 4.01. The van der Waals surface area contributed by atoms with Crippen molar-refractivity contribution in [2.75, 3.05) is 26.7 Å². The number of nitrogens with zero attached hydrogens (tertiary/aromatic N) is 1. The van der Waals surface area contributed by atoms with Gasteiger partial charge in [-0.25, -0.2) is 0 Å². The second-order valence-corrected chi connectivity index (χ2v) is 6.71. The highest BCUT2D eigenvalue weighted by atomic mass is 16.5. The molecular formula is C18H29N3O. The summed E-state index contributed by atoms with van der Waals surface area (Å²) in [4.78, 5) is 2.61. The zero-order valence-corrected chi connectivity index (χ0v) is 13.8. The summed E-state index contributed by atoms with van der Waals surface area (Å²) in [7, 11) is 1.74. The number of likely N-dealkylation sites (tertiary alicyclic amines) is 1. The average molecular weight is 303 g/mol. The average Bonchev–Trinajstić information content (AvgIpc) is 3.04. The number of benzene rings is 1. The highest BCUT2D eigenvalue weighted by Gasteiger charge is 2.34. The molecule has 0 saturated carbocycles. The Morgan fingerprint density at radius 3 is 3.09 bits per heavy atom. The number of methoxy groups -OCH3 is 1. The molecule has 0 spiro atoms. The van der Waals surface area contributed by atoms with Gasteiger partial charge in [0.05, 0.1) is 7.11 Å². The van der Waals surface area contributed by atoms with Gasteiger partial charge in [0.25, 0.3) is 0 Å². The first-order valence-electron chi connectivity index (χ1n) is 8.63. The van der Waals surface area contributed by atoms with Crippen LogP contribution in [-0.2, 0) is 6.54 Å². The summed E-state index contributed by atoms with van der Waals surface area (Å²) in [5.41, 5.74) is 8.25. The summed E-state index contributed by atoms with van der Waals surface area (Å²) in [6.45, 7) is 6.87. The first-order chi connectivity index (χ1) is 10.8. The molecule has 1 aromatic rings. The number of piperidine rings is 1. The quantitative estimate of drug-likeness (QED) is 0.876. The Hall–Kier alpha value is -1.10. The molecule has 3 atom stereocenters. The van der Waals surface area contributed by atoms with Gasteiger partial charge in [-0.15, -0.1) is 0 Å². The summed E-state index contributed by atoms with van der Waals surface area (Å²) >= 11 is 0. The van der Waals surface area contributed by atoms with E-state index < -0.39 is 0 Å². The minimum Gasteiger partial charge on any atom is -0.497 e. The Balaban J connectivity index is 1.60. The molecule has 3 rings (SSSR count). The lowest BCUT2D eigenvalue weighted by atomic mass is 9.83. The molecule has 2 N–H and O–H groups in total. The first-order valence-corrected chi connectivity index (χ1v) is 8.63. The lowest BCUT2D eigenvalue weighted by Gasteiger charge is -2.37. The summed E-state index contributed by atoms with van der Waals surface area (Å²) in [5.74, 6) is 2.50. The second-order valence-electron chi connectivity index (χ2n) is 6.71. The van der Waals surface area contributed by atoms with Crippen LogP contribution in [0.15, 0.2) is 24.3 Å². The van der Waals surface area contributed by atoms with Gasteiger partial charge in [0.2, 0.25) is 0 Å². The van der Waals surface area contributed by atoms with Gasteiger partial charge >= 0.3 is 0 Å². The third-order valence-corrected chi connectivity index (χ3v) is 5.26. The number of hydrogen-bond donors (Lipinski definition) is 2. The maximum Gasteiger partial charge on any atom is 0.119 e. The van der Waals surface area contributed by atoms with Gasteiger partial charge in [-0.1, -0.05) is 25.5 Å². The van der Waals surface area contributed by atoms with Crippen LogP contribution in [0.1, 0.15) is 31.7 Å². The third kappa shape index (κ3) is 3.62. The van der Waals surface area contributed by atoms with E-state index in [2.05, 4.69) is 40.9 Å². The van der Waals surface area contributed by atoms with Crippen molar-refractivity contribution in [1.82, 2.24) is 15.8 Å². The largest absolute Gasteiger partial charge is 0.497 e. The zero-order valence-electron chi connectivity index (χ0n) is 13.8. The van der Waals surface area contributed by atoms with Gasteiger partial charge in [0, 0.05) is 25.7 Å². The highest BCUT2D eigenvalue weighted by Crippen LogP contribution is 2.28. The van der Waals surface area contributed by atoms with Crippen LogP contribution >= 0.6 is 0 Å². The van der Waals surface area contributed by atoms with E-state index in [0.717, 1.165) is 30.7 Å². The van der Waals surface area contributed by atoms with Crippen molar-refractivity contribution >= 4 is 0 Å². The maximum atomic E-state index is 5.34. The molecule has 4 nitrogen and oxygen atoms in total. The number of nitrogens with one attached hydrogen (secondary N) is 2. The lowest BCUT2D eigenvalue weighted by molar-refractivity contribution is 0.131. The third-order valence-electron chi connectivity index (χ3n) is 5.26. The molecule has 4 heteroatoms. The van der Waals surface area contributed by atoms with Gasteiger partial charge in [-0.05, 0) is 48.9 Å². The standard InChI is InChI=1S/C18H29N3O/c1-3-15-11-19-20-18(15)16-7-5-9-21(13-16)12-14-6-4-8-17(10-14)22-2/h4,6,8,10,15-16,18-20H,3,5,7,9,11-13H2,1-2H3. The molecule has 22 heavy (non-hydrogen) atoms. The van der Waals surface area contributed by atoms with Crippen LogP contribution in [0.3, 0.4) is 0 Å². The van der Waals surface area contributed by atoms with E-state index in [9.17, 15) is 0 Å². The Morgan fingerprint density at radius 1 is 1.36 bits per heavy atom. The molecule has 2 heterocycles. The van der Waals surface area contributed by atoms with Gasteiger partial charge < -0.3 is 4.74 Å². The molecule has 1 aromatic carbocycles. The molecule has 0 bridgehead atoms. The molecule has 0 aliphatic carbocycles. The predicted molar refractivity (Wildman–Crippen MR) is 89.7 cm³/mol. The van der Waals surface area contributed by atoms with E-state index in [4.69, 9.17) is 4.74 Å². The molecule has 2 saturated heterocycles. The van der Waals surface area contributed by atoms with Crippen LogP contribution in [0.4, 0.5) is 0 Å². The van der Waals surface area contributed by atoms with Crippen molar-refractivity contribution in [1.29, 1.82) is 0 Å². The van der Waals surface area contributed by atoms with Crippen LogP contribution in [-0.4, -0.2) is 37.7 Å². The Bertz CT molecular complexity index is 479. The molecule has 3 unspecified atom stereocenters. The summed E-state index contributed by atoms with van der Waals surface area (Å²) in [5, 5.41) is 0. The minimum absolute atomic E-state index is 0.637. The van der Waals surface area contributed by atoms with E-state index in [1.807, 2.05) is 6.07 Å². The normalized spacial score (nSPS) is 29.6. The molecule has 122 valence electrons. The topological polar surface area (TPSA) is 36.5 Å². The fraction of sp³-hybridized carbons (Fsp3) is 0.667. The van der Waals surface area contributed by atoms with E-state index in [1.54, 1.807) is 7.11 Å². The van der Waals surface area contributed by atoms with Crippen LogP contribution in [0.2, 0.25) is 0 Å². The van der Waals surface area contributed by atoms with Crippen LogP contribution < -0.4 is 15.6 Å². The Morgan fingerprint density at radius 2 is 2.27 bits per heavy atom. The molecular weight excluding hydrogens is 274 g/mol. The summed E-state index contributed by atoms with van der Waals surface area (Å²) in [6, 6.07) is 9.11. The fourth-order valence-corrected chi connectivity index (χ4v) is 4.01. The number of hydrogen-bond acceptors (Lipinski definition) is 4. The number of rotatable bonds is 5. The van der Waals surface area contributed by atoms with E-state index in [0.29, 0.717) is 6.04 Å². The SMILES string of the molecule is CCC1CNNC1C1CCCN(Cc2cccc(OC)c2)C1. The van der Waals surface area contributed by atoms with Gasteiger partial charge in [0.15, 0.2) is 0 Å². The van der Waals surface area contributed by atoms with Gasteiger partial charge in [0.1, 0.15) is 5.75 Å². The molecule has 0 radical (unpaired) electrons. The van der Waals surface area contributed by atoms with Crippen molar-refractivity contribution < 1.29 is 4.74 Å². The monoisotopic (exact) mass is 303 g/mol. The molecule has 2 aliphatic heterocycles. The summed E-state index contributed by atoms with van der Waals surface area (Å²) < 4.78 is 5.34. The van der Waals surface area contributed by atoms with Crippen LogP contribution in [0.5, 0.6) is 5.75 Å². The molecule has 0 aromatic heterocycles. The van der Waals surface area contributed by atoms with Crippen molar-refractivity contribution in [3.63, 3.8) is 0 Å². The van der Waals surface area contributed by atoms with Gasteiger partial charge in [-0.2, -0.15) is 0 Å². The lowest BCUT2D eigenvalue weighted by Crippen LogP contribution is -2.46. The molecule has 2 aliphatic rings. The van der Waals surface area contributed by atoms with E-state index in [-0.39, 0.29) is 0 Å². The van der Waals surface area contributed by atoms with E-state index in [1.165, 1.54) is 37.9 Å². The number of hydrazine groups is 1. The summed E-state index contributed by atoms with van der Waals surface area (Å²) in [6.07, 6.45) is 3.92. The van der Waals surface area contributed by atoms with Crippen LogP contribution in [0.25, 0.3) is 0 Å². The van der Waals surface area contributed by atoms with Crippen LogP contribution in [0, 0.1) is 11.8 Å². The second kappa shape index (κ2) is 7.44. The zero-order chi connectivity index (χ0) is 15.4. The molecule has 2 fully saturated rings. The van der Waals surface area contributed by atoms with Crippen molar-refractivity contribution in [3.05, 3.63) is 29.8 Å². The van der Waals surface area contributed by atoms with Crippen molar-refractivity contribution in [3.8, 4) is 5.75 Å². The first kappa shape index (κ1) is 15.8. The minimum atomic E-state index is 0.637. The highest BCUT2D eigenvalue weighted by molar-refractivity contribution is 5.28.